The molecule has 1 N–H and O–H groups in total. The Morgan fingerprint density at radius 3 is 2.35 bits per heavy atom. The minimum atomic E-state index is -0.269. The molecule has 0 aliphatic rings. The first-order chi connectivity index (χ1) is 11.0. The van der Waals surface area contributed by atoms with E-state index < -0.39 is 0 Å². The number of hydrogen-bond donors (Lipinski definition) is 1. The van der Waals surface area contributed by atoms with Gasteiger partial charge in [0.15, 0.2) is 0 Å². The first kappa shape index (κ1) is 14.9. The fraction of sp³-hybridized carbons (Fsp3) is 0.176. The van der Waals surface area contributed by atoms with Crippen molar-refractivity contribution >= 4 is 11.9 Å². The van der Waals surface area contributed by atoms with Gasteiger partial charge in [-0.3, -0.25) is 10.1 Å². The molecule has 2 aromatic heterocycles. The summed E-state index contributed by atoms with van der Waals surface area (Å²) in [6, 6.07) is 11.5. The van der Waals surface area contributed by atoms with Crippen LogP contribution in [-0.4, -0.2) is 25.7 Å². The molecular weight excluding hydrogens is 290 g/mol. The highest BCUT2D eigenvalue weighted by molar-refractivity contribution is 6.04. The third kappa shape index (κ3) is 3.11. The van der Waals surface area contributed by atoms with Crippen LogP contribution < -0.4 is 5.32 Å². The van der Waals surface area contributed by atoms with Gasteiger partial charge < -0.3 is 0 Å². The van der Waals surface area contributed by atoms with Gasteiger partial charge in [-0.05, 0) is 39.0 Å². The van der Waals surface area contributed by atoms with E-state index in [0.29, 0.717) is 11.5 Å². The lowest BCUT2D eigenvalue weighted by atomic mass is 10.2. The minimum Gasteiger partial charge on any atom is -0.290 e. The first-order valence-electron chi connectivity index (χ1n) is 7.28. The van der Waals surface area contributed by atoms with Gasteiger partial charge in [-0.15, -0.1) is 0 Å². The second kappa shape index (κ2) is 6.00. The molecule has 0 aliphatic heterocycles. The number of hydrogen-bond acceptors (Lipinski definition) is 4. The Bertz CT molecular complexity index is 834. The number of amides is 1. The van der Waals surface area contributed by atoms with Crippen molar-refractivity contribution in [3.8, 4) is 5.69 Å². The fourth-order valence-corrected chi connectivity index (χ4v) is 2.41. The van der Waals surface area contributed by atoms with E-state index in [2.05, 4.69) is 20.4 Å². The maximum atomic E-state index is 12.5. The molecule has 0 aliphatic carbocycles. The van der Waals surface area contributed by atoms with Gasteiger partial charge in [0.2, 0.25) is 5.95 Å². The molecule has 2 heterocycles. The zero-order chi connectivity index (χ0) is 16.4. The Hall–Kier alpha value is -3.02. The van der Waals surface area contributed by atoms with Gasteiger partial charge in [0.05, 0.1) is 23.1 Å². The van der Waals surface area contributed by atoms with E-state index in [-0.39, 0.29) is 5.91 Å². The fourth-order valence-electron chi connectivity index (χ4n) is 2.41. The molecule has 0 saturated carbocycles. The van der Waals surface area contributed by atoms with Gasteiger partial charge in [-0.2, -0.15) is 5.10 Å². The van der Waals surface area contributed by atoms with Gasteiger partial charge in [-0.25, -0.2) is 14.6 Å². The van der Waals surface area contributed by atoms with Crippen LogP contribution >= 0.6 is 0 Å². The number of aryl methyl sites for hydroxylation is 2. The Kier molecular flexibility index (Phi) is 3.89. The molecule has 0 bridgehead atoms. The van der Waals surface area contributed by atoms with Gasteiger partial charge in [0.25, 0.3) is 5.91 Å². The van der Waals surface area contributed by atoms with Crippen molar-refractivity contribution < 1.29 is 4.79 Å². The molecular formula is C17H17N5O. The number of carbonyl (C=O) groups is 1. The topological polar surface area (TPSA) is 72.7 Å². The van der Waals surface area contributed by atoms with Crippen LogP contribution in [0.15, 0.2) is 42.6 Å². The molecule has 0 fully saturated rings. The number of rotatable bonds is 3. The van der Waals surface area contributed by atoms with E-state index >= 15 is 0 Å². The van der Waals surface area contributed by atoms with E-state index in [1.165, 1.54) is 0 Å². The molecule has 6 heteroatoms. The van der Waals surface area contributed by atoms with Crippen LogP contribution in [0, 0.1) is 20.8 Å². The molecule has 6 nitrogen and oxygen atoms in total. The monoisotopic (exact) mass is 307 g/mol. The normalized spacial score (nSPS) is 10.6. The highest BCUT2D eigenvalue weighted by atomic mass is 16.1. The van der Waals surface area contributed by atoms with Crippen molar-refractivity contribution in [1.82, 2.24) is 19.7 Å². The Morgan fingerprint density at radius 2 is 1.70 bits per heavy atom. The lowest BCUT2D eigenvalue weighted by Crippen LogP contribution is -2.15. The Balaban J connectivity index is 1.87. The molecule has 3 aromatic rings. The molecule has 3 rings (SSSR count). The summed E-state index contributed by atoms with van der Waals surface area (Å²) in [5, 5.41) is 7.03. The highest BCUT2D eigenvalue weighted by Crippen LogP contribution is 2.15. The van der Waals surface area contributed by atoms with Gasteiger partial charge in [0.1, 0.15) is 0 Å². The number of nitrogens with one attached hydrogen (secondary N) is 1. The van der Waals surface area contributed by atoms with Crippen molar-refractivity contribution in [2.75, 3.05) is 5.32 Å². The summed E-state index contributed by atoms with van der Waals surface area (Å²) in [7, 11) is 0. The van der Waals surface area contributed by atoms with Gasteiger partial charge >= 0.3 is 0 Å². The number of anilines is 1. The molecule has 0 unspecified atom stereocenters. The van der Waals surface area contributed by atoms with Crippen molar-refractivity contribution in [2.24, 2.45) is 0 Å². The molecule has 1 amide bonds. The summed E-state index contributed by atoms with van der Waals surface area (Å²) in [6.07, 6.45) is 1.56. The average molecular weight is 307 g/mol. The Morgan fingerprint density at radius 1 is 1.04 bits per heavy atom. The van der Waals surface area contributed by atoms with Crippen molar-refractivity contribution in [1.29, 1.82) is 0 Å². The van der Waals surface area contributed by atoms with E-state index in [1.54, 1.807) is 10.9 Å². The zero-order valence-corrected chi connectivity index (χ0v) is 13.2. The quantitative estimate of drug-likeness (QED) is 0.807. The Labute approximate surface area is 134 Å². The van der Waals surface area contributed by atoms with E-state index in [1.807, 2.05) is 57.2 Å². The highest BCUT2D eigenvalue weighted by Gasteiger charge is 2.16. The molecule has 0 spiro atoms. The minimum absolute atomic E-state index is 0.269. The third-order valence-electron chi connectivity index (χ3n) is 3.46. The predicted molar refractivity (Wildman–Crippen MR) is 87.8 cm³/mol. The standard InChI is InChI=1S/C17H17N5O/c1-11-9-12(2)20-17(19-11)21-16(23)15-10-18-22(13(15)3)14-7-5-4-6-8-14/h4-10H,1-3H3,(H,19,20,21,23). The second-order valence-electron chi connectivity index (χ2n) is 5.32. The number of aromatic nitrogens is 4. The molecule has 116 valence electrons. The van der Waals surface area contributed by atoms with Gasteiger partial charge in [0, 0.05) is 11.4 Å². The second-order valence-corrected chi connectivity index (χ2v) is 5.32. The SMILES string of the molecule is Cc1cc(C)nc(NC(=O)c2cnn(-c3ccccc3)c2C)n1. The number of benzene rings is 1. The van der Waals surface area contributed by atoms with Crippen LogP contribution in [0.5, 0.6) is 0 Å². The predicted octanol–water partition coefficient (Wildman–Crippen LogP) is 2.84. The van der Waals surface area contributed by atoms with Crippen LogP contribution in [0.25, 0.3) is 5.69 Å². The van der Waals surface area contributed by atoms with Crippen LogP contribution in [-0.2, 0) is 0 Å². The summed E-state index contributed by atoms with van der Waals surface area (Å²) >= 11 is 0. The summed E-state index contributed by atoms with van der Waals surface area (Å²) in [4.78, 5) is 20.9. The van der Waals surface area contributed by atoms with Crippen LogP contribution in [0.3, 0.4) is 0 Å². The lowest BCUT2D eigenvalue weighted by molar-refractivity contribution is 0.102. The van der Waals surface area contributed by atoms with Crippen LogP contribution in [0.4, 0.5) is 5.95 Å². The third-order valence-corrected chi connectivity index (χ3v) is 3.46. The van der Waals surface area contributed by atoms with Crippen molar-refractivity contribution in [3.05, 3.63) is 65.2 Å². The average Bonchev–Trinajstić information content (AvgIpc) is 2.89. The van der Waals surface area contributed by atoms with E-state index in [0.717, 1.165) is 22.8 Å². The lowest BCUT2D eigenvalue weighted by Gasteiger charge is -2.06. The molecule has 1 aromatic carbocycles. The smallest absolute Gasteiger partial charge is 0.261 e. The summed E-state index contributed by atoms with van der Waals surface area (Å²) in [5.74, 6) is 0.0362. The van der Waals surface area contributed by atoms with Crippen molar-refractivity contribution in [2.45, 2.75) is 20.8 Å². The molecule has 0 saturated heterocycles. The first-order valence-corrected chi connectivity index (χ1v) is 7.28. The summed E-state index contributed by atoms with van der Waals surface area (Å²) in [6.45, 7) is 5.59. The maximum absolute atomic E-state index is 12.5. The number of para-hydroxylation sites is 1. The molecule has 23 heavy (non-hydrogen) atoms. The van der Waals surface area contributed by atoms with Gasteiger partial charge in [-0.1, -0.05) is 18.2 Å². The summed E-state index contributed by atoms with van der Waals surface area (Å²) in [5.41, 5.74) is 3.79. The molecule has 0 radical (unpaired) electrons. The van der Waals surface area contributed by atoms with E-state index in [4.69, 9.17) is 0 Å². The zero-order valence-electron chi connectivity index (χ0n) is 13.2. The van der Waals surface area contributed by atoms with Crippen LogP contribution in [0.1, 0.15) is 27.4 Å². The van der Waals surface area contributed by atoms with Crippen molar-refractivity contribution in [3.63, 3.8) is 0 Å². The number of nitrogens with zero attached hydrogens (tertiary/aromatic N) is 4. The molecule has 0 atom stereocenters. The summed E-state index contributed by atoms with van der Waals surface area (Å²) < 4.78 is 1.73. The van der Waals surface area contributed by atoms with Crippen LogP contribution in [0.2, 0.25) is 0 Å². The largest absolute Gasteiger partial charge is 0.290 e. The number of carbonyl (C=O) groups excluding carboxylic acids is 1. The van der Waals surface area contributed by atoms with E-state index in [9.17, 15) is 4.79 Å². The maximum Gasteiger partial charge on any atom is 0.261 e.